The monoisotopic (exact) mass is 128 g/mol. The van der Waals surface area contributed by atoms with Gasteiger partial charge in [0.25, 0.3) is 0 Å². The number of nitriles is 1. The lowest BCUT2D eigenvalue weighted by Gasteiger charge is -2.22. The van der Waals surface area contributed by atoms with Crippen LogP contribution in [0.1, 0.15) is 0 Å². The Hall–Kier alpha value is -0.630. The first-order valence-electron chi connectivity index (χ1n) is 2.71. The summed E-state index contributed by atoms with van der Waals surface area (Å²) in [6, 6.07) is 2.02. The highest BCUT2D eigenvalue weighted by atomic mass is 16.7. The summed E-state index contributed by atoms with van der Waals surface area (Å²) in [5, 5.41) is 8.33. The molecule has 0 aliphatic carbocycles. The molecule has 1 aliphatic rings. The molecule has 0 atom stereocenters. The summed E-state index contributed by atoms with van der Waals surface area (Å²) < 4.78 is 9.63. The van der Waals surface area contributed by atoms with E-state index in [2.05, 4.69) is 0 Å². The Balaban J connectivity index is 2.28. The van der Waals surface area contributed by atoms with Gasteiger partial charge in [-0.05, 0) is 0 Å². The minimum absolute atomic E-state index is 0.148. The van der Waals surface area contributed by atoms with E-state index in [-0.39, 0.29) is 5.92 Å². The number of ether oxygens (including phenoxy) is 2. The second-order valence-electron chi connectivity index (χ2n) is 1.86. The van der Waals surface area contributed by atoms with E-state index in [0.29, 0.717) is 13.2 Å². The van der Waals surface area contributed by atoms with Crippen molar-refractivity contribution in [2.45, 2.75) is 6.41 Å². The maximum absolute atomic E-state index is 8.33. The third-order valence-electron chi connectivity index (χ3n) is 1.11. The van der Waals surface area contributed by atoms with Crippen molar-refractivity contribution in [3.8, 4) is 6.07 Å². The van der Waals surface area contributed by atoms with E-state index in [4.69, 9.17) is 20.5 Å². The fourth-order valence-corrected chi connectivity index (χ4v) is 0.593. The Morgan fingerprint density at radius 2 is 2.00 bits per heavy atom. The van der Waals surface area contributed by atoms with Crippen LogP contribution in [0.3, 0.4) is 0 Å². The molecule has 0 aromatic rings. The molecule has 0 amide bonds. The van der Waals surface area contributed by atoms with Gasteiger partial charge in [-0.15, -0.1) is 0 Å². The van der Waals surface area contributed by atoms with Crippen LogP contribution in [0.15, 0.2) is 0 Å². The van der Waals surface area contributed by atoms with Crippen molar-refractivity contribution >= 4 is 0 Å². The van der Waals surface area contributed by atoms with E-state index in [1.807, 2.05) is 6.07 Å². The van der Waals surface area contributed by atoms with Crippen LogP contribution >= 0.6 is 0 Å². The van der Waals surface area contributed by atoms with Gasteiger partial charge in [0.2, 0.25) is 6.41 Å². The number of nitrogens with zero attached hydrogens (tertiary/aromatic N) is 1. The van der Waals surface area contributed by atoms with Crippen LogP contribution in [0.5, 0.6) is 0 Å². The number of hydrogen-bond acceptors (Lipinski definition) is 4. The average Bonchev–Trinajstić information content (AvgIpc) is 1.90. The molecule has 0 spiro atoms. The standard InChI is InChI=1S/C5H8N2O2/c6-1-4-2-8-5(7)9-3-4/h4-5H,2-3,7H2. The Bertz CT molecular complexity index is 123. The Morgan fingerprint density at radius 3 is 2.44 bits per heavy atom. The topological polar surface area (TPSA) is 68.3 Å². The predicted octanol–water partition coefficient (Wildman–Crippen LogP) is -0.585. The minimum Gasteiger partial charge on any atom is -0.339 e. The van der Waals surface area contributed by atoms with E-state index < -0.39 is 6.41 Å². The van der Waals surface area contributed by atoms with Gasteiger partial charge in [0, 0.05) is 0 Å². The molecular weight excluding hydrogens is 120 g/mol. The molecule has 0 saturated carbocycles. The molecule has 9 heavy (non-hydrogen) atoms. The smallest absolute Gasteiger partial charge is 0.213 e. The molecule has 50 valence electrons. The summed E-state index contributed by atoms with van der Waals surface area (Å²) >= 11 is 0. The Morgan fingerprint density at radius 1 is 1.44 bits per heavy atom. The van der Waals surface area contributed by atoms with Crippen LogP contribution in [0, 0.1) is 17.2 Å². The number of rotatable bonds is 0. The third kappa shape index (κ3) is 1.64. The maximum atomic E-state index is 8.33. The van der Waals surface area contributed by atoms with Crippen molar-refractivity contribution in [1.82, 2.24) is 0 Å². The molecule has 1 fully saturated rings. The zero-order chi connectivity index (χ0) is 6.69. The molecule has 0 aromatic heterocycles. The molecule has 0 unspecified atom stereocenters. The van der Waals surface area contributed by atoms with Gasteiger partial charge in [-0.1, -0.05) is 0 Å². The normalized spacial score (nSPS) is 35.6. The van der Waals surface area contributed by atoms with E-state index in [0.717, 1.165) is 0 Å². The molecule has 0 aromatic carbocycles. The average molecular weight is 128 g/mol. The summed E-state index contributed by atoms with van der Waals surface area (Å²) in [5.41, 5.74) is 5.20. The fourth-order valence-electron chi connectivity index (χ4n) is 0.593. The van der Waals surface area contributed by atoms with Gasteiger partial charge in [0.15, 0.2) is 0 Å². The second kappa shape index (κ2) is 2.78. The van der Waals surface area contributed by atoms with Crippen LogP contribution in [-0.4, -0.2) is 19.6 Å². The first-order valence-corrected chi connectivity index (χ1v) is 2.71. The predicted molar refractivity (Wildman–Crippen MR) is 29.0 cm³/mol. The number of nitrogens with two attached hydrogens (primary N) is 1. The molecule has 2 N–H and O–H groups in total. The molecule has 1 saturated heterocycles. The van der Waals surface area contributed by atoms with Crippen LogP contribution in [-0.2, 0) is 9.47 Å². The molecular formula is C5H8N2O2. The van der Waals surface area contributed by atoms with Gasteiger partial charge in [0.05, 0.1) is 25.2 Å². The highest BCUT2D eigenvalue weighted by Gasteiger charge is 2.17. The zero-order valence-electron chi connectivity index (χ0n) is 4.91. The second-order valence-corrected chi connectivity index (χ2v) is 1.86. The van der Waals surface area contributed by atoms with E-state index >= 15 is 0 Å². The van der Waals surface area contributed by atoms with Crippen molar-refractivity contribution < 1.29 is 9.47 Å². The molecule has 4 nitrogen and oxygen atoms in total. The van der Waals surface area contributed by atoms with Gasteiger partial charge >= 0.3 is 0 Å². The van der Waals surface area contributed by atoms with Gasteiger partial charge in [-0.25, -0.2) is 0 Å². The lowest BCUT2D eigenvalue weighted by Crippen LogP contribution is -2.37. The van der Waals surface area contributed by atoms with Gasteiger partial charge in [-0.2, -0.15) is 5.26 Å². The van der Waals surface area contributed by atoms with Gasteiger partial charge < -0.3 is 9.47 Å². The van der Waals surface area contributed by atoms with E-state index in [1.165, 1.54) is 0 Å². The Kier molecular flexibility index (Phi) is 2.01. The first-order chi connectivity index (χ1) is 4.33. The molecule has 0 radical (unpaired) electrons. The van der Waals surface area contributed by atoms with Crippen LogP contribution < -0.4 is 5.73 Å². The highest BCUT2D eigenvalue weighted by Crippen LogP contribution is 2.05. The van der Waals surface area contributed by atoms with E-state index in [1.54, 1.807) is 0 Å². The van der Waals surface area contributed by atoms with Crippen molar-refractivity contribution in [3.63, 3.8) is 0 Å². The van der Waals surface area contributed by atoms with Crippen LogP contribution in [0.25, 0.3) is 0 Å². The lowest BCUT2D eigenvalue weighted by atomic mass is 10.2. The molecule has 0 bridgehead atoms. The maximum Gasteiger partial charge on any atom is 0.213 e. The summed E-state index contributed by atoms with van der Waals surface area (Å²) in [5.74, 6) is -0.148. The van der Waals surface area contributed by atoms with Crippen molar-refractivity contribution in [2.24, 2.45) is 11.7 Å². The molecule has 1 rings (SSSR count). The van der Waals surface area contributed by atoms with Crippen LogP contribution in [0.2, 0.25) is 0 Å². The number of hydrogen-bond donors (Lipinski definition) is 1. The van der Waals surface area contributed by atoms with E-state index in [9.17, 15) is 0 Å². The zero-order valence-corrected chi connectivity index (χ0v) is 4.91. The quantitative estimate of drug-likeness (QED) is 0.473. The Labute approximate surface area is 53.2 Å². The summed E-state index contributed by atoms with van der Waals surface area (Å²) in [7, 11) is 0. The molecule has 1 aliphatic heterocycles. The minimum atomic E-state index is -0.630. The molecule has 1 heterocycles. The largest absolute Gasteiger partial charge is 0.339 e. The summed E-state index contributed by atoms with van der Waals surface area (Å²) in [6.45, 7) is 0.773. The highest BCUT2D eigenvalue weighted by molar-refractivity contribution is 4.83. The fraction of sp³-hybridized carbons (Fsp3) is 0.800. The summed E-state index contributed by atoms with van der Waals surface area (Å²) in [6.07, 6.45) is -0.630. The van der Waals surface area contributed by atoms with Gasteiger partial charge in [-0.3, -0.25) is 5.73 Å². The first kappa shape index (κ1) is 6.49. The lowest BCUT2D eigenvalue weighted by molar-refractivity contribution is -0.187. The summed E-state index contributed by atoms with van der Waals surface area (Å²) in [4.78, 5) is 0. The third-order valence-corrected chi connectivity index (χ3v) is 1.11. The van der Waals surface area contributed by atoms with Crippen LogP contribution in [0.4, 0.5) is 0 Å². The van der Waals surface area contributed by atoms with Crippen molar-refractivity contribution in [1.29, 1.82) is 5.26 Å². The molecule has 4 heteroatoms. The van der Waals surface area contributed by atoms with Crippen molar-refractivity contribution in [3.05, 3.63) is 0 Å². The van der Waals surface area contributed by atoms with Gasteiger partial charge in [0.1, 0.15) is 0 Å². The van der Waals surface area contributed by atoms with Crippen molar-refractivity contribution in [2.75, 3.05) is 13.2 Å². The SMILES string of the molecule is N#CC1COC(N)OC1.